The third kappa shape index (κ3) is 5.37. The summed E-state index contributed by atoms with van der Waals surface area (Å²) in [6.07, 6.45) is 3.89. The maximum absolute atomic E-state index is 11.2. The minimum Gasteiger partial charge on any atom is -0.362 e. The first-order chi connectivity index (χ1) is 9.99. The van der Waals surface area contributed by atoms with E-state index in [2.05, 4.69) is 20.6 Å². The fraction of sp³-hybridized carbons (Fsp3) is 0.692. The summed E-state index contributed by atoms with van der Waals surface area (Å²) >= 11 is 1.75. The number of hydrogen-bond donors (Lipinski definition) is 2. The minimum atomic E-state index is -0.428. The zero-order valence-corrected chi connectivity index (χ0v) is 13.8. The Morgan fingerprint density at radius 1 is 1.43 bits per heavy atom. The van der Waals surface area contributed by atoms with Crippen LogP contribution in [0.5, 0.6) is 0 Å². The van der Waals surface area contributed by atoms with Gasteiger partial charge in [-0.2, -0.15) is 16.7 Å². The van der Waals surface area contributed by atoms with E-state index in [1.165, 1.54) is 0 Å². The van der Waals surface area contributed by atoms with Crippen LogP contribution in [-0.2, 0) is 0 Å². The molecule has 8 heteroatoms. The molecule has 0 aromatic carbocycles. The van der Waals surface area contributed by atoms with E-state index >= 15 is 0 Å². The Bertz CT molecular complexity index is 484. The first-order valence-electron chi connectivity index (χ1n) is 7.02. The van der Waals surface area contributed by atoms with Crippen LogP contribution < -0.4 is 10.6 Å². The molecule has 0 spiro atoms. The van der Waals surface area contributed by atoms with Crippen molar-refractivity contribution in [3.05, 3.63) is 15.8 Å². The Hall–Kier alpha value is -1.57. The second-order valence-electron chi connectivity index (χ2n) is 4.84. The van der Waals surface area contributed by atoms with E-state index in [0.29, 0.717) is 17.5 Å². The fourth-order valence-electron chi connectivity index (χ4n) is 1.80. The van der Waals surface area contributed by atoms with Crippen molar-refractivity contribution in [1.82, 2.24) is 9.97 Å². The lowest BCUT2D eigenvalue weighted by atomic mass is 10.2. The third-order valence-electron chi connectivity index (χ3n) is 2.91. The first-order valence-corrected chi connectivity index (χ1v) is 8.41. The normalized spacial score (nSPS) is 12.0. The van der Waals surface area contributed by atoms with E-state index < -0.39 is 4.92 Å². The smallest absolute Gasteiger partial charge is 0.332 e. The minimum absolute atomic E-state index is 0.0481. The van der Waals surface area contributed by atoms with Gasteiger partial charge in [0, 0.05) is 12.6 Å². The van der Waals surface area contributed by atoms with Gasteiger partial charge in [-0.05, 0) is 38.7 Å². The Labute approximate surface area is 129 Å². The lowest BCUT2D eigenvalue weighted by Crippen LogP contribution is -2.19. The monoisotopic (exact) mass is 313 g/mol. The van der Waals surface area contributed by atoms with Crippen LogP contribution in [0.15, 0.2) is 0 Å². The van der Waals surface area contributed by atoms with Crippen molar-refractivity contribution in [2.75, 3.05) is 29.2 Å². The lowest BCUT2D eigenvalue weighted by Gasteiger charge is -2.15. The molecule has 0 bridgehead atoms. The highest BCUT2D eigenvalue weighted by Gasteiger charge is 2.23. The van der Waals surface area contributed by atoms with Crippen LogP contribution in [0.1, 0.15) is 32.4 Å². The summed E-state index contributed by atoms with van der Waals surface area (Å²) in [6, 6.07) is 0.115. The highest BCUT2D eigenvalue weighted by Crippen LogP contribution is 2.27. The van der Waals surface area contributed by atoms with Crippen LogP contribution in [0.4, 0.5) is 17.5 Å². The van der Waals surface area contributed by atoms with Crippen molar-refractivity contribution in [2.24, 2.45) is 0 Å². The molecule has 0 saturated heterocycles. The molecule has 0 amide bonds. The zero-order chi connectivity index (χ0) is 15.8. The maximum atomic E-state index is 11.2. The molecule has 118 valence electrons. The number of rotatable bonds is 9. The topological polar surface area (TPSA) is 93.0 Å². The van der Waals surface area contributed by atoms with Crippen LogP contribution in [0, 0.1) is 17.0 Å². The summed E-state index contributed by atoms with van der Waals surface area (Å²) in [4.78, 5) is 19.2. The summed E-state index contributed by atoms with van der Waals surface area (Å²) in [7, 11) is 0. The molecule has 7 nitrogen and oxygen atoms in total. The average molecular weight is 313 g/mol. The van der Waals surface area contributed by atoms with E-state index in [9.17, 15) is 10.1 Å². The van der Waals surface area contributed by atoms with Crippen molar-refractivity contribution in [3.8, 4) is 0 Å². The standard InChI is InChI=1S/C13H23N5O2S/c1-5-7-14-13-16-10(3)11(18(19)20)12(17-13)15-9(2)6-8-21-4/h9H,5-8H2,1-4H3,(H2,14,15,16,17). The predicted molar refractivity (Wildman–Crippen MR) is 88.3 cm³/mol. The Kier molecular flexibility index (Phi) is 7.21. The number of nitro groups is 1. The summed E-state index contributed by atoms with van der Waals surface area (Å²) in [5.41, 5.74) is 0.321. The van der Waals surface area contributed by atoms with E-state index in [-0.39, 0.29) is 11.7 Å². The van der Waals surface area contributed by atoms with Gasteiger partial charge in [0.05, 0.1) is 4.92 Å². The number of hydrogen-bond acceptors (Lipinski definition) is 7. The van der Waals surface area contributed by atoms with Gasteiger partial charge in [0.15, 0.2) is 0 Å². The van der Waals surface area contributed by atoms with E-state index in [1.54, 1.807) is 18.7 Å². The second kappa shape index (κ2) is 8.66. The average Bonchev–Trinajstić information content (AvgIpc) is 2.42. The van der Waals surface area contributed by atoms with Crippen LogP contribution in [-0.4, -0.2) is 39.5 Å². The third-order valence-corrected chi connectivity index (χ3v) is 3.56. The number of aromatic nitrogens is 2. The molecule has 1 heterocycles. The van der Waals surface area contributed by atoms with Crippen LogP contribution in [0.2, 0.25) is 0 Å². The fourth-order valence-corrected chi connectivity index (χ4v) is 2.39. The Balaban J connectivity index is 3.00. The van der Waals surface area contributed by atoms with Crippen molar-refractivity contribution >= 4 is 29.2 Å². The number of anilines is 2. The molecule has 2 N–H and O–H groups in total. The lowest BCUT2D eigenvalue weighted by molar-refractivity contribution is -0.385. The molecule has 1 unspecified atom stereocenters. The van der Waals surface area contributed by atoms with Crippen LogP contribution >= 0.6 is 11.8 Å². The number of nitrogens with one attached hydrogen (secondary N) is 2. The van der Waals surface area contributed by atoms with Gasteiger partial charge in [0.1, 0.15) is 5.69 Å². The van der Waals surface area contributed by atoms with E-state index in [4.69, 9.17) is 0 Å². The first kappa shape index (κ1) is 17.5. The van der Waals surface area contributed by atoms with Crippen LogP contribution in [0.25, 0.3) is 0 Å². The van der Waals surface area contributed by atoms with Gasteiger partial charge in [0.25, 0.3) is 0 Å². The summed E-state index contributed by atoms with van der Waals surface area (Å²) < 4.78 is 0. The summed E-state index contributed by atoms with van der Waals surface area (Å²) in [5, 5.41) is 17.4. The summed E-state index contributed by atoms with van der Waals surface area (Å²) in [5.74, 6) is 1.71. The van der Waals surface area contributed by atoms with Gasteiger partial charge in [0.2, 0.25) is 11.8 Å². The van der Waals surface area contributed by atoms with Gasteiger partial charge in [-0.1, -0.05) is 6.92 Å². The van der Waals surface area contributed by atoms with Gasteiger partial charge in [-0.15, -0.1) is 0 Å². The maximum Gasteiger partial charge on any atom is 0.332 e. The highest BCUT2D eigenvalue weighted by atomic mass is 32.2. The number of aryl methyl sites for hydroxylation is 1. The van der Waals surface area contributed by atoms with E-state index in [0.717, 1.165) is 25.1 Å². The van der Waals surface area contributed by atoms with Gasteiger partial charge in [-0.3, -0.25) is 10.1 Å². The molecule has 0 aliphatic heterocycles. The van der Waals surface area contributed by atoms with Gasteiger partial charge >= 0.3 is 5.69 Å². The molecule has 0 fully saturated rings. The van der Waals surface area contributed by atoms with Crippen molar-refractivity contribution in [3.63, 3.8) is 0 Å². The van der Waals surface area contributed by atoms with Gasteiger partial charge in [-0.25, -0.2) is 4.98 Å². The quantitative estimate of drug-likeness (QED) is 0.534. The molecule has 0 radical (unpaired) electrons. The molecular weight excluding hydrogens is 290 g/mol. The predicted octanol–water partition coefficient (Wildman–Crippen LogP) is 3.07. The molecule has 0 aliphatic rings. The van der Waals surface area contributed by atoms with Crippen molar-refractivity contribution in [1.29, 1.82) is 0 Å². The Morgan fingerprint density at radius 3 is 2.71 bits per heavy atom. The molecular formula is C13H23N5O2S. The summed E-state index contributed by atoms with van der Waals surface area (Å²) in [6.45, 7) is 6.40. The molecule has 1 aromatic heterocycles. The van der Waals surface area contributed by atoms with Crippen LogP contribution in [0.3, 0.4) is 0 Å². The largest absolute Gasteiger partial charge is 0.362 e. The van der Waals surface area contributed by atoms with Crippen molar-refractivity contribution < 1.29 is 4.92 Å². The molecule has 1 aromatic rings. The van der Waals surface area contributed by atoms with E-state index in [1.807, 2.05) is 20.1 Å². The Morgan fingerprint density at radius 2 is 2.14 bits per heavy atom. The molecule has 1 rings (SSSR count). The SMILES string of the molecule is CCCNc1nc(C)c([N+](=O)[O-])c(NC(C)CCSC)n1. The van der Waals surface area contributed by atoms with Crippen molar-refractivity contribution in [2.45, 2.75) is 39.7 Å². The molecule has 0 saturated carbocycles. The molecule has 1 atom stereocenters. The highest BCUT2D eigenvalue weighted by molar-refractivity contribution is 7.98. The van der Waals surface area contributed by atoms with Gasteiger partial charge < -0.3 is 10.6 Å². The number of nitrogens with zero attached hydrogens (tertiary/aromatic N) is 3. The second-order valence-corrected chi connectivity index (χ2v) is 5.83. The number of thioether (sulfide) groups is 1. The molecule has 0 aliphatic carbocycles. The molecule has 21 heavy (non-hydrogen) atoms. The zero-order valence-electron chi connectivity index (χ0n) is 13.0.